The van der Waals surface area contributed by atoms with Gasteiger partial charge in [-0.3, -0.25) is 9.59 Å². The van der Waals surface area contributed by atoms with E-state index in [1.165, 1.54) is 0 Å². The van der Waals surface area contributed by atoms with Crippen molar-refractivity contribution in [3.63, 3.8) is 0 Å². The van der Waals surface area contributed by atoms with Crippen LogP contribution >= 0.6 is 15.9 Å². The van der Waals surface area contributed by atoms with E-state index in [0.29, 0.717) is 10.2 Å². The molecule has 20 heavy (non-hydrogen) atoms. The molecule has 0 atom stereocenters. The minimum absolute atomic E-state index is 0.107. The van der Waals surface area contributed by atoms with Gasteiger partial charge in [-0.05, 0) is 28.1 Å². The summed E-state index contributed by atoms with van der Waals surface area (Å²) in [6, 6.07) is 4.82. The number of carbonyl (C=O) groups excluding carboxylic acids is 2. The predicted octanol–water partition coefficient (Wildman–Crippen LogP) is 2.56. The average molecular weight is 352 g/mol. The van der Waals surface area contributed by atoms with E-state index in [2.05, 4.69) is 20.7 Å². The number of hydrogen-bond donors (Lipinski definition) is 0. The smallest absolute Gasteiger partial charge is 0.370 e. The molecule has 8 heteroatoms. The number of ether oxygens (including phenoxy) is 1. The molecule has 1 aliphatic heterocycles. The first kappa shape index (κ1) is 15.0. The first-order chi connectivity index (χ1) is 9.31. The summed E-state index contributed by atoms with van der Waals surface area (Å²) >= 11 is 3.17. The van der Waals surface area contributed by atoms with Crippen LogP contribution in [0.2, 0.25) is 0 Å². The molecule has 4 nitrogen and oxygen atoms in total. The first-order valence-electron chi connectivity index (χ1n) is 5.60. The summed E-state index contributed by atoms with van der Waals surface area (Å²) in [6.07, 6.45) is -4.41. The van der Waals surface area contributed by atoms with Gasteiger partial charge in [0.1, 0.15) is 6.61 Å². The summed E-state index contributed by atoms with van der Waals surface area (Å²) < 4.78 is 40.7. The number of Topliss-reactive ketones (excluding diaryl/α,β-unsaturated/α-hetero) is 1. The van der Waals surface area contributed by atoms with Crippen molar-refractivity contribution in [2.45, 2.75) is 6.18 Å². The number of alkyl halides is 3. The van der Waals surface area contributed by atoms with Crippen molar-refractivity contribution < 1.29 is 27.5 Å². The van der Waals surface area contributed by atoms with Crippen LogP contribution in [0.25, 0.3) is 0 Å². The molecule has 0 saturated carbocycles. The van der Waals surface area contributed by atoms with Crippen LogP contribution < -0.4 is 4.90 Å². The van der Waals surface area contributed by atoms with Gasteiger partial charge in [-0.1, -0.05) is 6.07 Å². The molecular formula is C12H9BrF3NO3. The molecule has 0 aliphatic carbocycles. The second-order valence-electron chi connectivity index (χ2n) is 4.09. The summed E-state index contributed by atoms with van der Waals surface area (Å²) in [5.74, 6) is -1.44. The molecule has 0 radical (unpaired) electrons. The Bertz CT molecular complexity index is 559. The number of fused-ring (bicyclic) bond motifs is 1. The van der Waals surface area contributed by atoms with E-state index in [1.54, 1.807) is 18.2 Å². The molecule has 0 aromatic heterocycles. The maximum Gasteiger partial charge on any atom is 0.411 e. The molecule has 0 saturated heterocycles. The molecule has 0 bridgehead atoms. The van der Waals surface area contributed by atoms with Gasteiger partial charge in [0.25, 0.3) is 11.7 Å². The van der Waals surface area contributed by atoms with Crippen molar-refractivity contribution in [3.05, 3.63) is 28.2 Å². The van der Waals surface area contributed by atoms with Crippen LogP contribution in [0.1, 0.15) is 10.4 Å². The van der Waals surface area contributed by atoms with Gasteiger partial charge in [-0.2, -0.15) is 13.2 Å². The standard InChI is InChI=1S/C12H9BrF3NO3/c13-7-2-1-3-8-9(7)10(18)11(19)17(8)4-5-20-6-12(14,15)16/h1-3H,4-6H2. The number of nitrogens with zero attached hydrogens (tertiary/aromatic N) is 1. The van der Waals surface area contributed by atoms with E-state index in [9.17, 15) is 22.8 Å². The normalized spacial score (nSPS) is 14.9. The maximum absolute atomic E-state index is 11.9. The van der Waals surface area contributed by atoms with Crippen LogP contribution in [0, 0.1) is 0 Å². The van der Waals surface area contributed by atoms with E-state index < -0.39 is 24.5 Å². The van der Waals surface area contributed by atoms with Crippen LogP contribution in [0.4, 0.5) is 18.9 Å². The molecule has 1 aromatic rings. The lowest BCUT2D eigenvalue weighted by atomic mass is 10.1. The second-order valence-corrected chi connectivity index (χ2v) is 4.94. The topological polar surface area (TPSA) is 46.6 Å². The van der Waals surface area contributed by atoms with Crippen molar-refractivity contribution in [2.75, 3.05) is 24.7 Å². The summed E-state index contributed by atoms with van der Waals surface area (Å²) in [5, 5.41) is 0. The highest BCUT2D eigenvalue weighted by atomic mass is 79.9. The molecule has 108 valence electrons. The molecule has 0 spiro atoms. The Morgan fingerprint density at radius 2 is 1.95 bits per heavy atom. The van der Waals surface area contributed by atoms with Gasteiger partial charge < -0.3 is 9.64 Å². The number of ketones is 1. The van der Waals surface area contributed by atoms with Gasteiger partial charge in [0.15, 0.2) is 0 Å². The maximum atomic E-state index is 11.9. The van der Waals surface area contributed by atoms with Crippen LogP contribution in [0.15, 0.2) is 22.7 Å². The molecule has 1 aliphatic rings. The third-order valence-corrected chi connectivity index (χ3v) is 3.33. The first-order valence-corrected chi connectivity index (χ1v) is 6.40. The molecule has 1 aromatic carbocycles. The molecule has 0 N–H and O–H groups in total. The molecular weight excluding hydrogens is 343 g/mol. The minimum Gasteiger partial charge on any atom is -0.370 e. The lowest BCUT2D eigenvalue weighted by Gasteiger charge is -2.16. The Hall–Kier alpha value is -1.41. The van der Waals surface area contributed by atoms with E-state index in [-0.39, 0.29) is 18.7 Å². The fourth-order valence-electron chi connectivity index (χ4n) is 1.87. The van der Waals surface area contributed by atoms with Gasteiger partial charge >= 0.3 is 6.18 Å². The quantitative estimate of drug-likeness (QED) is 0.618. The largest absolute Gasteiger partial charge is 0.411 e. The van der Waals surface area contributed by atoms with E-state index in [4.69, 9.17) is 0 Å². The number of amides is 1. The SMILES string of the molecule is O=C1C(=O)N(CCOCC(F)(F)F)c2cccc(Br)c21. The van der Waals surface area contributed by atoms with E-state index in [1.807, 2.05) is 0 Å². The Kier molecular flexibility index (Phi) is 4.14. The van der Waals surface area contributed by atoms with Crippen molar-refractivity contribution in [1.29, 1.82) is 0 Å². The zero-order valence-corrected chi connectivity index (χ0v) is 11.6. The van der Waals surface area contributed by atoms with Gasteiger partial charge in [0.05, 0.1) is 17.9 Å². The Balaban J connectivity index is 2.05. The zero-order chi connectivity index (χ0) is 14.9. The lowest BCUT2D eigenvalue weighted by molar-refractivity contribution is -0.173. The number of hydrogen-bond acceptors (Lipinski definition) is 3. The van der Waals surface area contributed by atoms with Crippen molar-refractivity contribution in [1.82, 2.24) is 0 Å². The number of anilines is 1. The zero-order valence-electron chi connectivity index (χ0n) is 10.0. The third-order valence-electron chi connectivity index (χ3n) is 2.67. The summed E-state index contributed by atoms with van der Waals surface area (Å²) in [4.78, 5) is 24.7. The summed E-state index contributed by atoms with van der Waals surface area (Å²) in [7, 11) is 0. The van der Waals surface area contributed by atoms with E-state index >= 15 is 0 Å². The number of halogens is 4. The molecule has 1 amide bonds. The highest BCUT2D eigenvalue weighted by Gasteiger charge is 2.37. The van der Waals surface area contributed by atoms with E-state index in [0.717, 1.165) is 4.90 Å². The van der Waals surface area contributed by atoms with Crippen LogP contribution in [0.3, 0.4) is 0 Å². The van der Waals surface area contributed by atoms with Crippen molar-refractivity contribution >= 4 is 33.3 Å². The van der Waals surface area contributed by atoms with Crippen LogP contribution in [0.5, 0.6) is 0 Å². The molecule has 0 unspecified atom stereocenters. The van der Waals surface area contributed by atoms with Crippen LogP contribution in [-0.2, 0) is 9.53 Å². The molecule has 2 rings (SSSR count). The van der Waals surface area contributed by atoms with Gasteiger partial charge in [-0.15, -0.1) is 0 Å². The molecule has 1 heterocycles. The third kappa shape index (κ3) is 3.01. The van der Waals surface area contributed by atoms with Gasteiger partial charge in [0.2, 0.25) is 0 Å². The number of rotatable bonds is 4. The monoisotopic (exact) mass is 351 g/mol. The van der Waals surface area contributed by atoms with Crippen LogP contribution in [-0.4, -0.2) is 37.6 Å². The highest BCUT2D eigenvalue weighted by molar-refractivity contribution is 9.10. The van der Waals surface area contributed by atoms with Crippen molar-refractivity contribution in [2.24, 2.45) is 0 Å². The summed E-state index contributed by atoms with van der Waals surface area (Å²) in [5.41, 5.74) is 0.610. The summed E-state index contributed by atoms with van der Waals surface area (Å²) in [6.45, 7) is -1.79. The molecule has 0 fully saturated rings. The minimum atomic E-state index is -4.41. The lowest BCUT2D eigenvalue weighted by Crippen LogP contribution is -2.33. The fourth-order valence-corrected chi connectivity index (χ4v) is 2.40. The number of carbonyl (C=O) groups is 2. The fraction of sp³-hybridized carbons (Fsp3) is 0.333. The van der Waals surface area contributed by atoms with Gasteiger partial charge in [0, 0.05) is 11.0 Å². The average Bonchev–Trinajstić information content (AvgIpc) is 2.59. The number of benzene rings is 1. The Morgan fingerprint density at radius 1 is 1.25 bits per heavy atom. The second kappa shape index (κ2) is 5.53. The Morgan fingerprint density at radius 3 is 2.60 bits per heavy atom. The Labute approximate surface area is 120 Å². The van der Waals surface area contributed by atoms with Crippen molar-refractivity contribution in [3.8, 4) is 0 Å². The van der Waals surface area contributed by atoms with Gasteiger partial charge in [-0.25, -0.2) is 0 Å². The highest BCUT2D eigenvalue weighted by Crippen LogP contribution is 2.34. The predicted molar refractivity (Wildman–Crippen MR) is 67.7 cm³/mol.